The average molecular weight is 460 g/mol. The maximum atomic E-state index is 13.0. The summed E-state index contributed by atoms with van der Waals surface area (Å²) in [6.45, 7) is 0.780. The number of carbonyl (C=O) groups excluding carboxylic acids is 1. The molecule has 0 aromatic heterocycles. The van der Waals surface area contributed by atoms with Crippen LogP contribution in [0.1, 0.15) is 5.56 Å². The lowest BCUT2D eigenvalue weighted by molar-refractivity contribution is -0.134. The highest BCUT2D eigenvalue weighted by Crippen LogP contribution is 2.30. The number of piperazine rings is 1. The van der Waals surface area contributed by atoms with Crippen molar-refractivity contribution in [3.05, 3.63) is 48.0 Å². The molecule has 170 valence electrons. The number of sulfonamides is 1. The number of nitriles is 1. The average Bonchev–Trinajstić information content (AvgIpc) is 2.83. The number of carbonyl (C=O) groups is 1. The van der Waals surface area contributed by atoms with Gasteiger partial charge in [-0.1, -0.05) is 12.1 Å². The van der Waals surface area contributed by atoms with Gasteiger partial charge in [-0.3, -0.25) is 4.79 Å². The maximum Gasteiger partial charge on any atom is 0.260 e. The lowest BCUT2D eigenvalue weighted by Gasteiger charge is -2.34. The summed E-state index contributed by atoms with van der Waals surface area (Å²) in [5.41, 5.74) is 0.873. The van der Waals surface area contributed by atoms with Crippen molar-refractivity contribution in [1.29, 1.82) is 5.26 Å². The molecule has 0 atom stereocenters. The van der Waals surface area contributed by atoms with Crippen molar-refractivity contribution in [2.75, 3.05) is 47.0 Å². The van der Waals surface area contributed by atoms with Crippen molar-refractivity contribution in [2.45, 2.75) is 11.3 Å². The molecule has 32 heavy (non-hydrogen) atoms. The van der Waals surface area contributed by atoms with E-state index in [1.165, 1.54) is 30.7 Å². The fourth-order valence-corrected chi connectivity index (χ4v) is 4.77. The molecule has 0 spiro atoms. The third-order valence-electron chi connectivity index (χ3n) is 5.15. The number of methoxy groups -OCH3 is 2. The first-order valence-corrected chi connectivity index (χ1v) is 11.4. The fraction of sp³-hybridized carbons (Fsp3) is 0.364. The van der Waals surface area contributed by atoms with E-state index in [9.17, 15) is 13.2 Å². The van der Waals surface area contributed by atoms with E-state index in [2.05, 4.69) is 6.07 Å². The van der Waals surface area contributed by atoms with Gasteiger partial charge in [0.25, 0.3) is 5.91 Å². The number of hydrogen-bond donors (Lipinski definition) is 0. The van der Waals surface area contributed by atoms with E-state index in [0.29, 0.717) is 23.7 Å². The van der Waals surface area contributed by atoms with Gasteiger partial charge in [-0.05, 0) is 29.8 Å². The highest BCUT2D eigenvalue weighted by atomic mass is 32.2. The Labute approximate surface area is 187 Å². The number of hydrogen-bond acceptors (Lipinski definition) is 7. The van der Waals surface area contributed by atoms with Gasteiger partial charge in [0.15, 0.2) is 18.1 Å². The SMILES string of the molecule is COc1ccc(S(=O)(=O)N2CCN(C(=O)COc3ccc(CC#N)cc3)CC2)cc1OC. The number of rotatable bonds is 8. The first-order valence-electron chi connectivity index (χ1n) is 9.97. The molecular weight excluding hydrogens is 434 g/mol. The lowest BCUT2D eigenvalue weighted by Crippen LogP contribution is -2.51. The van der Waals surface area contributed by atoms with Gasteiger partial charge < -0.3 is 19.1 Å². The van der Waals surface area contributed by atoms with Crippen LogP contribution in [0.2, 0.25) is 0 Å². The predicted molar refractivity (Wildman–Crippen MR) is 116 cm³/mol. The van der Waals surface area contributed by atoms with Crippen LogP contribution in [-0.2, 0) is 21.2 Å². The van der Waals surface area contributed by atoms with E-state index in [4.69, 9.17) is 19.5 Å². The van der Waals surface area contributed by atoms with E-state index in [0.717, 1.165) is 5.56 Å². The molecule has 2 aromatic rings. The van der Waals surface area contributed by atoms with Crippen molar-refractivity contribution in [3.8, 4) is 23.3 Å². The summed E-state index contributed by atoms with van der Waals surface area (Å²) in [5, 5.41) is 8.70. The standard InChI is InChI=1S/C22H25N3O6S/c1-29-20-8-7-19(15-21(20)30-2)32(27,28)25-13-11-24(12-14-25)22(26)16-31-18-5-3-17(4-6-18)9-10-23/h3-8,15H,9,11-14,16H2,1-2H3. The molecule has 1 aliphatic rings. The molecule has 1 aliphatic heterocycles. The normalized spacial score (nSPS) is 14.5. The van der Waals surface area contributed by atoms with Crippen LogP contribution in [0.15, 0.2) is 47.4 Å². The molecule has 3 rings (SSSR count). The molecule has 0 aliphatic carbocycles. The molecular formula is C22H25N3O6S. The van der Waals surface area contributed by atoms with Crippen LogP contribution in [-0.4, -0.2) is 70.5 Å². The van der Waals surface area contributed by atoms with Crippen LogP contribution in [0, 0.1) is 11.3 Å². The molecule has 0 N–H and O–H groups in total. The molecule has 9 nitrogen and oxygen atoms in total. The summed E-state index contributed by atoms with van der Waals surface area (Å²) < 4.78 is 43.2. The molecule has 0 radical (unpaired) electrons. The molecule has 0 bridgehead atoms. The Morgan fingerprint density at radius 2 is 1.66 bits per heavy atom. The minimum atomic E-state index is -3.73. The summed E-state index contributed by atoms with van der Waals surface area (Å²) in [4.78, 5) is 14.2. The minimum Gasteiger partial charge on any atom is -0.493 e. The third kappa shape index (κ3) is 5.30. The Hall–Kier alpha value is -3.29. The summed E-state index contributed by atoms with van der Waals surface area (Å²) in [6.07, 6.45) is 0.315. The van der Waals surface area contributed by atoms with Crippen LogP contribution < -0.4 is 14.2 Å². The van der Waals surface area contributed by atoms with Gasteiger partial charge in [0.2, 0.25) is 10.0 Å². The van der Waals surface area contributed by atoms with Crippen LogP contribution in [0.25, 0.3) is 0 Å². The lowest BCUT2D eigenvalue weighted by atomic mass is 10.2. The van der Waals surface area contributed by atoms with Gasteiger partial charge >= 0.3 is 0 Å². The molecule has 10 heteroatoms. The van der Waals surface area contributed by atoms with E-state index in [1.807, 2.05) is 0 Å². The second-order valence-corrected chi connectivity index (χ2v) is 9.01. The Kier molecular flexibility index (Phi) is 7.56. The largest absolute Gasteiger partial charge is 0.493 e. The molecule has 1 heterocycles. The first-order chi connectivity index (χ1) is 15.4. The third-order valence-corrected chi connectivity index (χ3v) is 7.05. The van der Waals surface area contributed by atoms with Gasteiger partial charge in [0.05, 0.1) is 31.6 Å². The van der Waals surface area contributed by atoms with Crippen LogP contribution in [0.4, 0.5) is 0 Å². The van der Waals surface area contributed by atoms with Gasteiger partial charge in [-0.25, -0.2) is 8.42 Å². The number of ether oxygens (including phenoxy) is 3. The Bertz CT molecular complexity index is 1090. The van der Waals surface area contributed by atoms with Crippen molar-refractivity contribution in [1.82, 2.24) is 9.21 Å². The molecule has 2 aromatic carbocycles. The smallest absolute Gasteiger partial charge is 0.260 e. The van der Waals surface area contributed by atoms with Gasteiger partial charge in [0.1, 0.15) is 5.75 Å². The highest BCUT2D eigenvalue weighted by molar-refractivity contribution is 7.89. The van der Waals surface area contributed by atoms with Gasteiger partial charge in [-0.15, -0.1) is 0 Å². The van der Waals surface area contributed by atoms with E-state index >= 15 is 0 Å². The quantitative estimate of drug-likeness (QED) is 0.591. The number of benzene rings is 2. The van der Waals surface area contributed by atoms with Crippen LogP contribution in [0.3, 0.4) is 0 Å². The first kappa shape index (κ1) is 23.4. The van der Waals surface area contributed by atoms with Gasteiger partial charge in [0, 0.05) is 32.2 Å². The Morgan fingerprint density at radius 1 is 1.00 bits per heavy atom. The summed E-state index contributed by atoms with van der Waals surface area (Å²) in [6, 6.07) is 13.5. The fourth-order valence-electron chi connectivity index (χ4n) is 3.34. The van der Waals surface area contributed by atoms with Crippen molar-refractivity contribution < 1.29 is 27.4 Å². The van der Waals surface area contributed by atoms with E-state index in [1.54, 1.807) is 35.2 Å². The van der Waals surface area contributed by atoms with Gasteiger partial charge in [-0.2, -0.15) is 9.57 Å². The molecule has 1 amide bonds. The topological polar surface area (TPSA) is 109 Å². The number of amides is 1. The molecule has 0 saturated carbocycles. The summed E-state index contributed by atoms with van der Waals surface area (Å²) in [7, 11) is -0.799. The second-order valence-electron chi connectivity index (χ2n) is 7.07. The highest BCUT2D eigenvalue weighted by Gasteiger charge is 2.30. The number of nitrogens with zero attached hydrogens (tertiary/aromatic N) is 3. The van der Waals surface area contributed by atoms with E-state index < -0.39 is 10.0 Å². The zero-order chi connectivity index (χ0) is 23.1. The van der Waals surface area contributed by atoms with Crippen molar-refractivity contribution >= 4 is 15.9 Å². The summed E-state index contributed by atoms with van der Waals surface area (Å²) in [5.74, 6) is 1.10. The zero-order valence-corrected chi connectivity index (χ0v) is 18.8. The molecule has 0 unspecified atom stereocenters. The molecule has 1 fully saturated rings. The monoisotopic (exact) mass is 459 g/mol. The Balaban J connectivity index is 1.56. The molecule has 1 saturated heterocycles. The van der Waals surface area contributed by atoms with Crippen molar-refractivity contribution in [3.63, 3.8) is 0 Å². The summed E-state index contributed by atoms with van der Waals surface area (Å²) >= 11 is 0. The predicted octanol–water partition coefficient (Wildman–Crippen LogP) is 1.68. The minimum absolute atomic E-state index is 0.109. The van der Waals surface area contributed by atoms with Crippen LogP contribution in [0.5, 0.6) is 17.2 Å². The van der Waals surface area contributed by atoms with Crippen LogP contribution >= 0.6 is 0 Å². The van der Waals surface area contributed by atoms with E-state index in [-0.39, 0.29) is 43.6 Å². The maximum absolute atomic E-state index is 13.0. The van der Waals surface area contributed by atoms with Crippen molar-refractivity contribution in [2.24, 2.45) is 0 Å². The Morgan fingerprint density at radius 3 is 2.25 bits per heavy atom. The second kappa shape index (κ2) is 10.3. The zero-order valence-electron chi connectivity index (χ0n) is 18.0.